The van der Waals surface area contributed by atoms with Gasteiger partial charge in [-0.05, 0) is 23.8 Å². The van der Waals surface area contributed by atoms with E-state index in [9.17, 15) is 4.79 Å². The Morgan fingerprint density at radius 1 is 1.67 bits per heavy atom. The lowest BCUT2D eigenvalue weighted by Crippen LogP contribution is -1.87. The zero-order valence-corrected chi connectivity index (χ0v) is 9.33. The lowest BCUT2D eigenvalue weighted by Gasteiger charge is -1.96. The van der Waals surface area contributed by atoms with Crippen molar-refractivity contribution in [1.82, 2.24) is 4.98 Å². The number of hydrogen-bond acceptors (Lipinski definition) is 4. The maximum Gasteiger partial charge on any atom is 0.186 e. The molecule has 0 aliphatic rings. The Hall–Kier alpha value is -1.13. The topological polar surface area (TPSA) is 50.2 Å². The first-order valence-corrected chi connectivity index (χ1v) is 5.56. The predicted molar refractivity (Wildman–Crippen MR) is 62.3 cm³/mol. The summed E-state index contributed by atoms with van der Waals surface area (Å²) in [5.74, 6) is 0.653. The highest BCUT2D eigenvalue weighted by Gasteiger charge is 1.93. The number of carbonyl (C=O) groups excluding carboxylic acids is 1. The predicted octanol–water partition coefficient (Wildman–Crippen LogP) is 1.87. The zero-order chi connectivity index (χ0) is 11.1. The van der Waals surface area contributed by atoms with Gasteiger partial charge < -0.3 is 5.11 Å². The van der Waals surface area contributed by atoms with Crippen molar-refractivity contribution >= 4 is 23.0 Å². The Morgan fingerprint density at radius 2 is 2.47 bits per heavy atom. The summed E-state index contributed by atoms with van der Waals surface area (Å²) in [5.41, 5.74) is 1.63. The van der Waals surface area contributed by atoms with Gasteiger partial charge in [0.2, 0.25) is 0 Å². The summed E-state index contributed by atoms with van der Waals surface area (Å²) < 4.78 is 0. The second-order valence-corrected chi connectivity index (χ2v) is 4.15. The van der Waals surface area contributed by atoms with E-state index in [1.165, 1.54) is 11.8 Å². The van der Waals surface area contributed by atoms with Crippen LogP contribution in [0.4, 0.5) is 0 Å². The first-order valence-electron chi connectivity index (χ1n) is 4.58. The van der Waals surface area contributed by atoms with E-state index in [0.717, 1.165) is 11.3 Å². The second kappa shape index (κ2) is 6.37. The van der Waals surface area contributed by atoms with Crippen LogP contribution in [0.15, 0.2) is 24.4 Å². The molecule has 0 radical (unpaired) electrons. The van der Waals surface area contributed by atoms with Crippen molar-refractivity contribution in [2.75, 3.05) is 5.75 Å². The Kier molecular flexibility index (Phi) is 5.07. The van der Waals surface area contributed by atoms with Crippen LogP contribution in [-0.4, -0.2) is 21.0 Å². The van der Waals surface area contributed by atoms with Gasteiger partial charge in [0.15, 0.2) is 5.12 Å². The Morgan fingerprint density at radius 3 is 3.13 bits per heavy atom. The molecule has 4 heteroatoms. The van der Waals surface area contributed by atoms with Crippen LogP contribution in [0.25, 0.3) is 6.08 Å². The van der Waals surface area contributed by atoms with E-state index < -0.39 is 0 Å². The van der Waals surface area contributed by atoms with Crippen LogP contribution in [0.5, 0.6) is 0 Å². The molecule has 0 unspecified atom stereocenters. The third-order valence-corrected chi connectivity index (χ3v) is 2.47. The summed E-state index contributed by atoms with van der Waals surface area (Å²) in [6.07, 6.45) is 5.38. The van der Waals surface area contributed by atoms with Gasteiger partial charge in [0.1, 0.15) is 0 Å². The molecule has 0 amide bonds. The van der Waals surface area contributed by atoms with Crippen LogP contribution in [0.2, 0.25) is 0 Å². The number of pyridine rings is 1. The number of aliphatic hydroxyl groups is 1. The lowest BCUT2D eigenvalue weighted by atomic mass is 10.2. The molecule has 0 aliphatic carbocycles. The Bertz CT molecular complexity index is 363. The molecular weight excluding hydrogens is 210 g/mol. The SMILES string of the molecule is CC(=O)SCC=Cc1cc(CO)ccn1. The Labute approximate surface area is 93.2 Å². The van der Waals surface area contributed by atoms with Crippen molar-refractivity contribution in [3.05, 3.63) is 35.7 Å². The molecule has 0 fully saturated rings. The molecule has 0 saturated heterocycles. The van der Waals surface area contributed by atoms with Gasteiger partial charge in [-0.3, -0.25) is 9.78 Å². The molecule has 1 N–H and O–H groups in total. The minimum atomic E-state index is 0.0194. The van der Waals surface area contributed by atoms with Crippen molar-refractivity contribution in [2.24, 2.45) is 0 Å². The average molecular weight is 223 g/mol. The number of nitrogens with zero attached hydrogens (tertiary/aromatic N) is 1. The number of aliphatic hydroxyl groups excluding tert-OH is 1. The fourth-order valence-electron chi connectivity index (χ4n) is 1.02. The summed E-state index contributed by atoms with van der Waals surface area (Å²) in [6.45, 7) is 1.56. The summed E-state index contributed by atoms with van der Waals surface area (Å²) in [6, 6.07) is 3.58. The normalized spacial score (nSPS) is 10.8. The third-order valence-electron chi connectivity index (χ3n) is 1.70. The van der Waals surface area contributed by atoms with Gasteiger partial charge in [0, 0.05) is 18.9 Å². The van der Waals surface area contributed by atoms with E-state index in [4.69, 9.17) is 5.11 Å². The Balaban J connectivity index is 2.52. The number of aromatic nitrogens is 1. The molecule has 1 aromatic heterocycles. The van der Waals surface area contributed by atoms with Crippen molar-refractivity contribution < 1.29 is 9.90 Å². The number of carbonyl (C=O) groups is 1. The van der Waals surface area contributed by atoms with E-state index in [2.05, 4.69) is 4.98 Å². The van der Waals surface area contributed by atoms with Gasteiger partial charge in [-0.25, -0.2) is 0 Å². The van der Waals surface area contributed by atoms with Crippen LogP contribution in [-0.2, 0) is 11.4 Å². The van der Waals surface area contributed by atoms with Crippen LogP contribution in [0.1, 0.15) is 18.2 Å². The molecule has 1 aromatic rings. The maximum atomic E-state index is 10.6. The number of thioether (sulfide) groups is 1. The molecule has 1 rings (SSSR count). The van der Waals surface area contributed by atoms with E-state index in [1.54, 1.807) is 19.2 Å². The van der Waals surface area contributed by atoms with Gasteiger partial charge in [0.25, 0.3) is 0 Å². The van der Waals surface area contributed by atoms with E-state index in [1.807, 2.05) is 18.2 Å². The van der Waals surface area contributed by atoms with Crippen molar-refractivity contribution in [3.63, 3.8) is 0 Å². The molecule has 1 heterocycles. The first kappa shape index (κ1) is 11.9. The molecule has 0 bridgehead atoms. The van der Waals surface area contributed by atoms with Gasteiger partial charge >= 0.3 is 0 Å². The largest absolute Gasteiger partial charge is 0.392 e. The minimum Gasteiger partial charge on any atom is -0.392 e. The van der Waals surface area contributed by atoms with Gasteiger partial charge in [0.05, 0.1) is 12.3 Å². The highest BCUT2D eigenvalue weighted by Crippen LogP contribution is 2.06. The summed E-state index contributed by atoms with van der Waals surface area (Å²) in [7, 11) is 0. The van der Waals surface area contributed by atoms with Crippen LogP contribution in [0.3, 0.4) is 0 Å². The summed E-state index contributed by atoms with van der Waals surface area (Å²) in [5, 5.41) is 9.01. The quantitative estimate of drug-likeness (QED) is 0.846. The molecule has 0 saturated carbocycles. The van der Waals surface area contributed by atoms with Crippen LogP contribution >= 0.6 is 11.8 Å². The van der Waals surface area contributed by atoms with E-state index in [-0.39, 0.29) is 11.7 Å². The molecule has 0 spiro atoms. The summed E-state index contributed by atoms with van der Waals surface area (Å²) in [4.78, 5) is 14.7. The number of hydrogen-bond donors (Lipinski definition) is 1. The van der Waals surface area contributed by atoms with E-state index in [0.29, 0.717) is 5.75 Å². The fourth-order valence-corrected chi connectivity index (χ4v) is 1.45. The first-order chi connectivity index (χ1) is 7.22. The van der Waals surface area contributed by atoms with E-state index >= 15 is 0 Å². The summed E-state index contributed by atoms with van der Waals surface area (Å²) >= 11 is 1.26. The molecule has 80 valence electrons. The monoisotopic (exact) mass is 223 g/mol. The fraction of sp³-hybridized carbons (Fsp3) is 0.273. The molecule has 3 nitrogen and oxygen atoms in total. The van der Waals surface area contributed by atoms with Crippen molar-refractivity contribution in [3.8, 4) is 0 Å². The molecule has 0 aliphatic heterocycles. The molecule has 0 atom stereocenters. The molecular formula is C11H13NO2S. The molecule has 0 aromatic carbocycles. The van der Waals surface area contributed by atoms with Gasteiger partial charge in [-0.2, -0.15) is 0 Å². The maximum absolute atomic E-state index is 10.6. The molecule has 15 heavy (non-hydrogen) atoms. The average Bonchev–Trinajstić information content (AvgIpc) is 2.24. The van der Waals surface area contributed by atoms with Gasteiger partial charge in [-0.1, -0.05) is 17.8 Å². The second-order valence-electron chi connectivity index (χ2n) is 2.95. The standard InChI is InChI=1S/C11H13NO2S/c1-9(14)15-6-2-3-11-7-10(8-13)4-5-12-11/h2-5,7,13H,6,8H2,1H3. The van der Waals surface area contributed by atoms with Crippen LogP contribution in [0, 0.1) is 0 Å². The number of rotatable bonds is 4. The zero-order valence-electron chi connectivity index (χ0n) is 8.51. The van der Waals surface area contributed by atoms with Crippen molar-refractivity contribution in [1.29, 1.82) is 0 Å². The highest BCUT2D eigenvalue weighted by molar-refractivity contribution is 8.13. The highest BCUT2D eigenvalue weighted by atomic mass is 32.2. The van der Waals surface area contributed by atoms with Crippen molar-refractivity contribution in [2.45, 2.75) is 13.5 Å². The third kappa shape index (κ3) is 4.76. The van der Waals surface area contributed by atoms with Crippen LogP contribution < -0.4 is 0 Å². The van der Waals surface area contributed by atoms with Gasteiger partial charge in [-0.15, -0.1) is 0 Å². The lowest BCUT2D eigenvalue weighted by molar-refractivity contribution is -0.109. The smallest absolute Gasteiger partial charge is 0.186 e. The minimum absolute atomic E-state index is 0.0194.